The predicted molar refractivity (Wildman–Crippen MR) is 131 cm³/mol. The van der Waals surface area contributed by atoms with Crippen molar-refractivity contribution in [3.8, 4) is 16.9 Å². The molecule has 0 fully saturated rings. The Labute approximate surface area is 197 Å². The average molecular weight is 462 g/mol. The van der Waals surface area contributed by atoms with Crippen LogP contribution < -0.4 is 10.2 Å². The van der Waals surface area contributed by atoms with Gasteiger partial charge in [0, 0.05) is 67.2 Å². The van der Waals surface area contributed by atoms with Gasteiger partial charge in [-0.1, -0.05) is 6.07 Å². The first kappa shape index (κ1) is 23.0. The summed E-state index contributed by atoms with van der Waals surface area (Å²) < 4.78 is 7.26. The molecule has 0 aliphatic carbocycles. The Balaban J connectivity index is 1.40. The SMILES string of the molecule is CN(C)c1ccc(C(=O)NCCCCn2cc(-c3ccoc3)c3ccc(C(=O)O)cc32)c(O)c1. The first-order chi connectivity index (χ1) is 16.3. The van der Waals surface area contributed by atoms with Gasteiger partial charge in [0.15, 0.2) is 0 Å². The highest BCUT2D eigenvalue weighted by Gasteiger charge is 2.15. The molecule has 0 spiro atoms. The number of carboxylic acid groups (broad SMARTS) is 1. The molecule has 3 N–H and O–H groups in total. The molecule has 2 aromatic carbocycles. The van der Waals surface area contributed by atoms with Gasteiger partial charge in [-0.3, -0.25) is 4.79 Å². The van der Waals surface area contributed by atoms with Crippen molar-refractivity contribution >= 4 is 28.5 Å². The van der Waals surface area contributed by atoms with E-state index >= 15 is 0 Å². The molecule has 2 heterocycles. The highest BCUT2D eigenvalue weighted by Crippen LogP contribution is 2.32. The van der Waals surface area contributed by atoms with Gasteiger partial charge in [0.2, 0.25) is 0 Å². The van der Waals surface area contributed by atoms with Crippen LogP contribution in [0.2, 0.25) is 0 Å². The third kappa shape index (κ3) is 4.76. The first-order valence-corrected chi connectivity index (χ1v) is 11.0. The Kier molecular flexibility index (Phi) is 6.58. The second-order valence-corrected chi connectivity index (χ2v) is 8.34. The number of benzene rings is 2. The summed E-state index contributed by atoms with van der Waals surface area (Å²) in [5, 5.41) is 23.4. The minimum Gasteiger partial charge on any atom is -0.507 e. The van der Waals surface area contributed by atoms with Gasteiger partial charge in [0.25, 0.3) is 5.91 Å². The molecule has 0 bridgehead atoms. The van der Waals surface area contributed by atoms with Crippen LogP contribution in [0.5, 0.6) is 5.75 Å². The second-order valence-electron chi connectivity index (χ2n) is 8.34. The summed E-state index contributed by atoms with van der Waals surface area (Å²) in [4.78, 5) is 25.7. The fourth-order valence-corrected chi connectivity index (χ4v) is 3.95. The topological polar surface area (TPSA) is 108 Å². The zero-order chi connectivity index (χ0) is 24.2. The Morgan fingerprint density at radius 3 is 2.59 bits per heavy atom. The molecule has 0 unspecified atom stereocenters. The summed E-state index contributed by atoms with van der Waals surface area (Å²) in [6.07, 6.45) is 6.78. The van der Waals surface area contributed by atoms with Gasteiger partial charge >= 0.3 is 5.97 Å². The molecule has 0 radical (unpaired) electrons. The van der Waals surface area contributed by atoms with E-state index in [1.54, 1.807) is 42.9 Å². The van der Waals surface area contributed by atoms with Crippen LogP contribution in [0.3, 0.4) is 0 Å². The van der Waals surface area contributed by atoms with E-state index in [0.717, 1.165) is 40.6 Å². The molecule has 0 aliphatic rings. The number of nitrogens with zero attached hydrogens (tertiary/aromatic N) is 2. The van der Waals surface area contributed by atoms with E-state index in [4.69, 9.17) is 4.42 Å². The Hall–Kier alpha value is -4.20. The maximum absolute atomic E-state index is 12.4. The number of fused-ring (bicyclic) bond motifs is 1. The lowest BCUT2D eigenvalue weighted by Crippen LogP contribution is -2.24. The number of anilines is 1. The summed E-state index contributed by atoms with van der Waals surface area (Å²) in [7, 11) is 3.73. The van der Waals surface area contributed by atoms with Gasteiger partial charge in [-0.15, -0.1) is 0 Å². The van der Waals surface area contributed by atoms with Crippen LogP contribution >= 0.6 is 0 Å². The van der Waals surface area contributed by atoms with Crippen LogP contribution in [0.1, 0.15) is 33.6 Å². The summed E-state index contributed by atoms with van der Waals surface area (Å²) >= 11 is 0. The number of aromatic hydroxyl groups is 1. The molecule has 4 rings (SSSR count). The van der Waals surface area contributed by atoms with Crippen molar-refractivity contribution in [2.24, 2.45) is 0 Å². The van der Waals surface area contributed by atoms with E-state index in [0.29, 0.717) is 13.1 Å². The van der Waals surface area contributed by atoms with Crippen LogP contribution in [-0.2, 0) is 6.54 Å². The molecular weight excluding hydrogens is 434 g/mol. The zero-order valence-electron chi connectivity index (χ0n) is 19.1. The quantitative estimate of drug-likeness (QED) is 0.315. The summed E-state index contributed by atoms with van der Waals surface area (Å²) in [5.74, 6) is -1.34. The number of unbranched alkanes of at least 4 members (excludes halogenated alkanes) is 1. The molecule has 8 nitrogen and oxygen atoms in total. The lowest BCUT2D eigenvalue weighted by atomic mass is 10.1. The molecule has 0 saturated carbocycles. The van der Waals surface area contributed by atoms with Gasteiger partial charge in [-0.25, -0.2) is 4.79 Å². The standard InChI is InChI=1S/C26H27N3O5/c1-28(2)19-6-8-21(24(30)14-19)25(31)27-10-3-4-11-29-15-22(18-9-12-34-16-18)20-7-5-17(26(32)33)13-23(20)29/h5-9,12-16,30H,3-4,10-11H2,1-2H3,(H,27,31)(H,32,33). The number of aromatic carboxylic acids is 1. The highest BCUT2D eigenvalue weighted by atomic mass is 16.4. The van der Waals surface area contributed by atoms with E-state index in [1.807, 2.05) is 41.9 Å². The fraction of sp³-hybridized carbons (Fsp3) is 0.231. The number of furan rings is 1. The fourth-order valence-electron chi connectivity index (χ4n) is 3.95. The van der Waals surface area contributed by atoms with Gasteiger partial charge in [0.05, 0.1) is 23.7 Å². The van der Waals surface area contributed by atoms with Crippen LogP contribution in [0.4, 0.5) is 5.69 Å². The number of nitrogens with one attached hydrogen (secondary N) is 1. The third-order valence-electron chi connectivity index (χ3n) is 5.82. The minimum atomic E-state index is -0.968. The number of aromatic nitrogens is 1. The second kappa shape index (κ2) is 9.74. The predicted octanol–water partition coefficient (Wildman–Crippen LogP) is 4.58. The Bertz CT molecular complexity index is 1320. The Morgan fingerprint density at radius 1 is 1.09 bits per heavy atom. The summed E-state index contributed by atoms with van der Waals surface area (Å²) in [5.41, 5.74) is 4.04. The maximum Gasteiger partial charge on any atom is 0.335 e. The van der Waals surface area contributed by atoms with Gasteiger partial charge in [-0.05, 0) is 43.2 Å². The van der Waals surface area contributed by atoms with Crippen molar-refractivity contribution in [1.82, 2.24) is 9.88 Å². The largest absolute Gasteiger partial charge is 0.507 e. The molecule has 34 heavy (non-hydrogen) atoms. The molecule has 176 valence electrons. The molecule has 8 heteroatoms. The number of carbonyl (C=O) groups excluding carboxylic acids is 1. The summed E-state index contributed by atoms with van der Waals surface area (Å²) in [6, 6.07) is 12.0. The van der Waals surface area contributed by atoms with E-state index in [9.17, 15) is 19.8 Å². The number of phenolic OH excluding ortho intramolecular Hbond substituents is 1. The number of phenols is 1. The molecule has 1 amide bonds. The van der Waals surface area contributed by atoms with Crippen molar-refractivity contribution in [2.75, 3.05) is 25.5 Å². The number of hydrogen-bond donors (Lipinski definition) is 3. The lowest BCUT2D eigenvalue weighted by Gasteiger charge is -2.14. The highest BCUT2D eigenvalue weighted by molar-refractivity contribution is 6.00. The van der Waals surface area contributed by atoms with Gasteiger partial charge in [-0.2, -0.15) is 0 Å². The number of carbonyl (C=O) groups is 2. The molecule has 0 atom stereocenters. The van der Waals surface area contributed by atoms with Gasteiger partial charge in [0.1, 0.15) is 5.75 Å². The number of rotatable bonds is 9. The van der Waals surface area contributed by atoms with E-state index in [1.165, 1.54) is 0 Å². The van der Waals surface area contributed by atoms with Crippen molar-refractivity contribution in [2.45, 2.75) is 19.4 Å². The van der Waals surface area contributed by atoms with Crippen molar-refractivity contribution in [3.05, 3.63) is 72.3 Å². The monoisotopic (exact) mass is 461 g/mol. The smallest absolute Gasteiger partial charge is 0.335 e. The third-order valence-corrected chi connectivity index (χ3v) is 5.82. The molecule has 0 aliphatic heterocycles. The minimum absolute atomic E-state index is 0.0523. The normalized spacial score (nSPS) is 11.0. The van der Waals surface area contributed by atoms with E-state index < -0.39 is 5.97 Å². The molecular formula is C26H27N3O5. The Morgan fingerprint density at radius 2 is 1.91 bits per heavy atom. The number of carboxylic acids is 1. The van der Waals surface area contributed by atoms with E-state index in [2.05, 4.69) is 5.32 Å². The van der Waals surface area contributed by atoms with Crippen LogP contribution in [0.15, 0.2) is 65.6 Å². The van der Waals surface area contributed by atoms with Crippen molar-refractivity contribution in [1.29, 1.82) is 0 Å². The lowest BCUT2D eigenvalue weighted by molar-refractivity contribution is 0.0696. The van der Waals surface area contributed by atoms with Crippen LogP contribution in [0, 0.1) is 0 Å². The number of hydrogen-bond acceptors (Lipinski definition) is 5. The molecule has 4 aromatic rings. The number of amides is 1. The number of aryl methyl sites for hydroxylation is 1. The van der Waals surface area contributed by atoms with Crippen molar-refractivity contribution < 1.29 is 24.2 Å². The first-order valence-electron chi connectivity index (χ1n) is 11.0. The zero-order valence-corrected chi connectivity index (χ0v) is 19.1. The molecule has 2 aromatic heterocycles. The molecule has 0 saturated heterocycles. The van der Waals surface area contributed by atoms with E-state index in [-0.39, 0.29) is 22.8 Å². The van der Waals surface area contributed by atoms with Gasteiger partial charge < -0.3 is 29.4 Å². The van der Waals surface area contributed by atoms with Crippen LogP contribution in [0.25, 0.3) is 22.0 Å². The average Bonchev–Trinajstić information content (AvgIpc) is 3.46. The van der Waals surface area contributed by atoms with Crippen molar-refractivity contribution in [3.63, 3.8) is 0 Å². The van der Waals surface area contributed by atoms with Crippen LogP contribution in [-0.4, -0.2) is 47.3 Å². The maximum atomic E-state index is 12.4. The summed E-state index contributed by atoms with van der Waals surface area (Å²) in [6.45, 7) is 1.12.